The highest BCUT2D eigenvalue weighted by molar-refractivity contribution is 7.99. The lowest BCUT2D eigenvalue weighted by atomic mass is 10.2. The van der Waals surface area contributed by atoms with E-state index in [9.17, 15) is 9.59 Å². The third kappa shape index (κ3) is 3.31. The number of aromatic nitrogens is 2. The topological polar surface area (TPSA) is 69.3 Å². The number of thioether (sulfide) groups is 1. The summed E-state index contributed by atoms with van der Waals surface area (Å²) in [7, 11) is 2.06. The summed E-state index contributed by atoms with van der Waals surface area (Å²) in [5, 5.41) is 1.06. The second-order valence-electron chi connectivity index (χ2n) is 5.36. The standard InChI is InChI=1S/C15H18N4O2S/c1-18-6-8-19(9-7-18)13(20)10-22-15-16-12-5-3-2-4-11(12)14(21)17-15/h2-5H,6-10H2,1H3,(H,16,17,21). The van der Waals surface area contributed by atoms with Gasteiger partial charge < -0.3 is 14.8 Å². The maximum atomic E-state index is 12.2. The van der Waals surface area contributed by atoms with E-state index in [2.05, 4.69) is 21.9 Å². The van der Waals surface area contributed by atoms with Crippen molar-refractivity contribution in [3.05, 3.63) is 34.6 Å². The molecule has 0 unspecified atom stereocenters. The minimum atomic E-state index is -0.167. The van der Waals surface area contributed by atoms with Gasteiger partial charge in [-0.15, -0.1) is 0 Å². The zero-order valence-corrected chi connectivity index (χ0v) is 13.2. The van der Waals surface area contributed by atoms with Crippen molar-refractivity contribution in [2.45, 2.75) is 5.16 Å². The smallest absolute Gasteiger partial charge is 0.259 e. The average Bonchev–Trinajstić information content (AvgIpc) is 2.53. The average molecular weight is 318 g/mol. The van der Waals surface area contributed by atoms with Gasteiger partial charge in [0, 0.05) is 26.2 Å². The third-order valence-electron chi connectivity index (χ3n) is 3.78. The number of hydrogen-bond donors (Lipinski definition) is 1. The monoisotopic (exact) mass is 318 g/mol. The molecule has 1 aliphatic heterocycles. The summed E-state index contributed by atoms with van der Waals surface area (Å²) in [5.41, 5.74) is 0.487. The summed E-state index contributed by atoms with van der Waals surface area (Å²) in [6, 6.07) is 7.20. The number of rotatable bonds is 3. The number of fused-ring (bicyclic) bond motifs is 1. The van der Waals surface area contributed by atoms with Crippen LogP contribution in [0.5, 0.6) is 0 Å². The maximum absolute atomic E-state index is 12.2. The van der Waals surface area contributed by atoms with Gasteiger partial charge in [-0.3, -0.25) is 9.59 Å². The van der Waals surface area contributed by atoms with Crippen LogP contribution in [0.1, 0.15) is 0 Å². The minimum absolute atomic E-state index is 0.0916. The summed E-state index contributed by atoms with van der Waals surface area (Å²) >= 11 is 1.28. The van der Waals surface area contributed by atoms with E-state index in [1.54, 1.807) is 12.1 Å². The molecule has 22 heavy (non-hydrogen) atoms. The van der Waals surface area contributed by atoms with Crippen LogP contribution in [-0.4, -0.2) is 64.7 Å². The van der Waals surface area contributed by atoms with Gasteiger partial charge >= 0.3 is 0 Å². The number of nitrogens with zero attached hydrogens (tertiary/aromatic N) is 3. The van der Waals surface area contributed by atoms with Gasteiger partial charge in [0.1, 0.15) is 0 Å². The quantitative estimate of drug-likeness (QED) is 0.669. The Morgan fingerprint density at radius 2 is 2.00 bits per heavy atom. The van der Waals surface area contributed by atoms with E-state index in [1.165, 1.54) is 11.8 Å². The molecule has 2 aromatic rings. The first-order valence-corrected chi connectivity index (χ1v) is 8.20. The molecule has 0 radical (unpaired) electrons. The Bertz CT molecular complexity index is 738. The number of likely N-dealkylation sites (N-methyl/N-ethyl adjacent to an activating group) is 1. The minimum Gasteiger partial charge on any atom is -0.339 e. The number of carbonyl (C=O) groups is 1. The normalized spacial score (nSPS) is 16.1. The third-order valence-corrected chi connectivity index (χ3v) is 4.64. The molecular formula is C15H18N4O2S. The van der Waals surface area contributed by atoms with Gasteiger partial charge in [0.15, 0.2) is 5.16 Å². The van der Waals surface area contributed by atoms with E-state index >= 15 is 0 Å². The number of H-pyrrole nitrogens is 1. The van der Waals surface area contributed by atoms with Crippen molar-refractivity contribution in [2.24, 2.45) is 0 Å². The molecule has 1 amide bonds. The highest BCUT2D eigenvalue weighted by atomic mass is 32.2. The first-order chi connectivity index (χ1) is 10.6. The van der Waals surface area contributed by atoms with E-state index < -0.39 is 0 Å². The maximum Gasteiger partial charge on any atom is 0.259 e. The summed E-state index contributed by atoms with van der Waals surface area (Å²) in [4.78, 5) is 35.4. The molecule has 0 aliphatic carbocycles. The van der Waals surface area contributed by atoms with Crippen molar-refractivity contribution >= 4 is 28.6 Å². The molecule has 1 fully saturated rings. The molecule has 0 atom stereocenters. The number of benzene rings is 1. The first kappa shape index (κ1) is 15.1. The Morgan fingerprint density at radius 1 is 1.27 bits per heavy atom. The Morgan fingerprint density at radius 3 is 2.77 bits per heavy atom. The fourth-order valence-electron chi connectivity index (χ4n) is 2.41. The molecule has 1 saturated heterocycles. The predicted octanol–water partition coefficient (Wildman–Crippen LogP) is 0.789. The van der Waals surface area contributed by atoms with Crippen molar-refractivity contribution in [3.63, 3.8) is 0 Å². The zero-order valence-electron chi connectivity index (χ0n) is 12.4. The van der Waals surface area contributed by atoms with Crippen LogP contribution in [0.3, 0.4) is 0 Å². The molecule has 0 bridgehead atoms. The van der Waals surface area contributed by atoms with Gasteiger partial charge in [0.25, 0.3) is 5.56 Å². The summed E-state index contributed by atoms with van der Waals surface area (Å²) < 4.78 is 0. The summed E-state index contributed by atoms with van der Waals surface area (Å²) in [5.74, 6) is 0.388. The highest BCUT2D eigenvalue weighted by Gasteiger charge is 2.19. The second-order valence-corrected chi connectivity index (χ2v) is 6.33. The Hall–Kier alpha value is -1.86. The molecule has 2 heterocycles. The Labute approximate surface area is 132 Å². The number of aromatic amines is 1. The molecule has 0 saturated carbocycles. The highest BCUT2D eigenvalue weighted by Crippen LogP contribution is 2.15. The van der Waals surface area contributed by atoms with Crippen LogP contribution in [0.25, 0.3) is 10.9 Å². The van der Waals surface area contributed by atoms with Crippen molar-refractivity contribution in [1.29, 1.82) is 0 Å². The van der Waals surface area contributed by atoms with Crippen LogP contribution >= 0.6 is 11.8 Å². The number of para-hydroxylation sites is 1. The van der Waals surface area contributed by atoms with E-state index in [1.807, 2.05) is 17.0 Å². The van der Waals surface area contributed by atoms with Crippen molar-refractivity contribution in [2.75, 3.05) is 39.0 Å². The molecule has 1 N–H and O–H groups in total. The van der Waals surface area contributed by atoms with Crippen LogP contribution < -0.4 is 5.56 Å². The molecule has 116 valence electrons. The molecule has 1 aliphatic rings. The molecular weight excluding hydrogens is 300 g/mol. The van der Waals surface area contributed by atoms with Gasteiger partial charge in [-0.2, -0.15) is 0 Å². The van der Waals surface area contributed by atoms with E-state index in [4.69, 9.17) is 0 Å². The van der Waals surface area contributed by atoms with Crippen LogP contribution in [-0.2, 0) is 4.79 Å². The number of nitrogens with one attached hydrogen (secondary N) is 1. The molecule has 1 aromatic carbocycles. The van der Waals surface area contributed by atoms with Gasteiger partial charge in [-0.25, -0.2) is 4.98 Å². The van der Waals surface area contributed by atoms with Crippen LogP contribution in [0.4, 0.5) is 0 Å². The number of piperazine rings is 1. The second kappa shape index (κ2) is 6.50. The van der Waals surface area contributed by atoms with Gasteiger partial charge in [-0.1, -0.05) is 23.9 Å². The van der Waals surface area contributed by atoms with Crippen LogP contribution in [0.2, 0.25) is 0 Å². The van der Waals surface area contributed by atoms with E-state index in [0.29, 0.717) is 21.8 Å². The van der Waals surface area contributed by atoms with Crippen molar-refractivity contribution in [3.8, 4) is 0 Å². The number of amides is 1. The SMILES string of the molecule is CN1CCN(C(=O)CSc2nc3ccccc3c(=O)[nH]2)CC1. The lowest BCUT2D eigenvalue weighted by molar-refractivity contribution is -0.129. The summed E-state index contributed by atoms with van der Waals surface area (Å²) in [6.07, 6.45) is 0. The number of carbonyl (C=O) groups excluding carboxylic acids is 1. The van der Waals surface area contributed by atoms with E-state index in [0.717, 1.165) is 26.2 Å². The predicted molar refractivity (Wildman–Crippen MR) is 87.2 cm³/mol. The first-order valence-electron chi connectivity index (χ1n) is 7.21. The van der Waals surface area contributed by atoms with Crippen molar-refractivity contribution < 1.29 is 4.79 Å². The fraction of sp³-hybridized carbons (Fsp3) is 0.400. The fourth-order valence-corrected chi connectivity index (χ4v) is 3.18. The molecule has 0 spiro atoms. The van der Waals surface area contributed by atoms with Gasteiger partial charge in [-0.05, 0) is 19.2 Å². The van der Waals surface area contributed by atoms with Gasteiger partial charge in [0.05, 0.1) is 16.7 Å². The largest absolute Gasteiger partial charge is 0.339 e. The zero-order chi connectivity index (χ0) is 15.5. The lowest BCUT2D eigenvalue weighted by Crippen LogP contribution is -2.47. The Kier molecular flexibility index (Phi) is 4.44. The molecule has 6 nitrogen and oxygen atoms in total. The number of hydrogen-bond acceptors (Lipinski definition) is 5. The molecule has 1 aromatic heterocycles. The molecule has 3 rings (SSSR count). The summed E-state index contributed by atoms with van der Waals surface area (Å²) in [6.45, 7) is 3.33. The lowest BCUT2D eigenvalue weighted by Gasteiger charge is -2.32. The van der Waals surface area contributed by atoms with Crippen LogP contribution in [0, 0.1) is 0 Å². The Balaban J connectivity index is 1.66. The molecule has 7 heteroatoms. The van der Waals surface area contributed by atoms with E-state index in [-0.39, 0.29) is 11.5 Å². The van der Waals surface area contributed by atoms with Gasteiger partial charge in [0.2, 0.25) is 5.91 Å². The van der Waals surface area contributed by atoms with Crippen molar-refractivity contribution in [1.82, 2.24) is 19.8 Å². The van der Waals surface area contributed by atoms with Crippen LogP contribution in [0.15, 0.2) is 34.2 Å².